The van der Waals surface area contributed by atoms with E-state index in [9.17, 15) is 4.79 Å². The van der Waals surface area contributed by atoms with Gasteiger partial charge in [0, 0.05) is 27.1 Å². The lowest BCUT2D eigenvalue weighted by molar-refractivity contribution is -0.130. The van der Waals surface area contributed by atoms with Crippen LogP contribution in [0.3, 0.4) is 0 Å². The summed E-state index contributed by atoms with van der Waals surface area (Å²) in [5, 5.41) is 0. The zero-order chi connectivity index (χ0) is 9.40. The molecule has 0 aromatic rings. The largest absolute Gasteiger partial charge is 0.383 e. The summed E-state index contributed by atoms with van der Waals surface area (Å²) in [5.41, 5.74) is 5.28. The molecule has 0 saturated heterocycles. The molecule has 0 aromatic carbocycles. The van der Waals surface area contributed by atoms with Gasteiger partial charge >= 0.3 is 0 Å². The SMILES string of the molecule is COCCN(C)C(=O)CCCN. The minimum atomic E-state index is 0.137. The van der Waals surface area contributed by atoms with E-state index in [-0.39, 0.29) is 5.91 Å². The van der Waals surface area contributed by atoms with Crippen molar-refractivity contribution in [3.8, 4) is 0 Å². The van der Waals surface area contributed by atoms with Gasteiger partial charge in [-0.3, -0.25) is 4.79 Å². The third-order valence-corrected chi connectivity index (χ3v) is 1.65. The number of hydrogen-bond acceptors (Lipinski definition) is 3. The third-order valence-electron chi connectivity index (χ3n) is 1.65. The van der Waals surface area contributed by atoms with E-state index in [1.165, 1.54) is 0 Å². The molecular weight excluding hydrogens is 156 g/mol. The van der Waals surface area contributed by atoms with Crippen LogP contribution in [0.15, 0.2) is 0 Å². The van der Waals surface area contributed by atoms with Crippen molar-refractivity contribution in [2.24, 2.45) is 5.73 Å². The van der Waals surface area contributed by atoms with Gasteiger partial charge < -0.3 is 15.4 Å². The highest BCUT2D eigenvalue weighted by atomic mass is 16.5. The van der Waals surface area contributed by atoms with E-state index in [0.717, 1.165) is 6.42 Å². The molecule has 0 aliphatic carbocycles. The van der Waals surface area contributed by atoms with Crippen molar-refractivity contribution < 1.29 is 9.53 Å². The molecule has 0 spiro atoms. The fourth-order valence-corrected chi connectivity index (χ4v) is 0.797. The van der Waals surface area contributed by atoms with Crippen LogP contribution in [0.5, 0.6) is 0 Å². The van der Waals surface area contributed by atoms with Crippen LogP contribution in [0.4, 0.5) is 0 Å². The summed E-state index contributed by atoms with van der Waals surface area (Å²) in [6.45, 7) is 1.81. The van der Waals surface area contributed by atoms with Gasteiger partial charge in [0.2, 0.25) is 5.91 Å². The molecule has 0 atom stereocenters. The molecule has 0 heterocycles. The lowest BCUT2D eigenvalue weighted by atomic mass is 10.3. The topological polar surface area (TPSA) is 55.6 Å². The maximum atomic E-state index is 11.2. The third kappa shape index (κ3) is 5.09. The zero-order valence-corrected chi connectivity index (χ0v) is 7.88. The first-order valence-corrected chi connectivity index (χ1v) is 4.15. The van der Waals surface area contributed by atoms with Crippen molar-refractivity contribution in [1.29, 1.82) is 0 Å². The van der Waals surface area contributed by atoms with Crippen molar-refractivity contribution in [3.05, 3.63) is 0 Å². The van der Waals surface area contributed by atoms with Gasteiger partial charge in [0.15, 0.2) is 0 Å². The first kappa shape index (κ1) is 11.4. The quantitative estimate of drug-likeness (QED) is 0.608. The zero-order valence-electron chi connectivity index (χ0n) is 7.88. The summed E-state index contributed by atoms with van der Waals surface area (Å²) in [6.07, 6.45) is 1.30. The Morgan fingerprint density at radius 1 is 1.58 bits per heavy atom. The molecule has 0 unspecified atom stereocenters. The smallest absolute Gasteiger partial charge is 0.222 e. The maximum Gasteiger partial charge on any atom is 0.222 e. The minimum absolute atomic E-state index is 0.137. The first-order chi connectivity index (χ1) is 5.72. The Hall–Kier alpha value is -0.610. The van der Waals surface area contributed by atoms with E-state index in [0.29, 0.717) is 26.1 Å². The normalized spacial score (nSPS) is 9.92. The number of rotatable bonds is 6. The molecule has 2 N–H and O–H groups in total. The van der Waals surface area contributed by atoms with E-state index < -0.39 is 0 Å². The van der Waals surface area contributed by atoms with Crippen LogP contribution < -0.4 is 5.73 Å². The van der Waals surface area contributed by atoms with Gasteiger partial charge in [0.25, 0.3) is 0 Å². The van der Waals surface area contributed by atoms with Crippen molar-refractivity contribution in [3.63, 3.8) is 0 Å². The highest BCUT2D eigenvalue weighted by Crippen LogP contribution is 1.93. The number of hydrogen-bond donors (Lipinski definition) is 1. The number of methoxy groups -OCH3 is 1. The number of nitrogens with zero attached hydrogens (tertiary/aromatic N) is 1. The monoisotopic (exact) mass is 174 g/mol. The van der Waals surface area contributed by atoms with Gasteiger partial charge in [-0.1, -0.05) is 0 Å². The fourth-order valence-electron chi connectivity index (χ4n) is 0.797. The van der Waals surface area contributed by atoms with Gasteiger partial charge in [0.1, 0.15) is 0 Å². The Labute approximate surface area is 73.7 Å². The average molecular weight is 174 g/mol. The van der Waals surface area contributed by atoms with Crippen molar-refractivity contribution >= 4 is 5.91 Å². The Morgan fingerprint density at radius 3 is 2.75 bits per heavy atom. The molecule has 0 radical (unpaired) electrons. The summed E-state index contributed by atoms with van der Waals surface area (Å²) in [5.74, 6) is 0.137. The highest BCUT2D eigenvalue weighted by Gasteiger charge is 2.06. The number of carbonyl (C=O) groups excluding carboxylic acids is 1. The lowest BCUT2D eigenvalue weighted by Crippen LogP contribution is -2.30. The second kappa shape index (κ2) is 7.06. The summed E-state index contributed by atoms with van der Waals surface area (Å²) in [6, 6.07) is 0. The van der Waals surface area contributed by atoms with E-state index in [1.807, 2.05) is 0 Å². The molecule has 12 heavy (non-hydrogen) atoms. The number of amides is 1. The standard InChI is InChI=1S/C8H18N2O2/c1-10(6-7-12-2)8(11)4-3-5-9/h3-7,9H2,1-2H3. The van der Waals surface area contributed by atoms with Gasteiger partial charge in [-0.25, -0.2) is 0 Å². The summed E-state index contributed by atoms with van der Waals surface area (Å²) in [4.78, 5) is 12.9. The van der Waals surface area contributed by atoms with Gasteiger partial charge in [-0.2, -0.15) is 0 Å². The number of likely N-dealkylation sites (N-methyl/N-ethyl adjacent to an activating group) is 1. The summed E-state index contributed by atoms with van der Waals surface area (Å²) in [7, 11) is 3.40. The predicted molar refractivity (Wildman–Crippen MR) is 47.8 cm³/mol. The molecule has 4 heteroatoms. The second-order valence-electron chi connectivity index (χ2n) is 2.70. The minimum Gasteiger partial charge on any atom is -0.383 e. The molecule has 0 bridgehead atoms. The van der Waals surface area contributed by atoms with Crippen LogP contribution in [0, 0.1) is 0 Å². The van der Waals surface area contributed by atoms with Crippen LogP contribution in [0.25, 0.3) is 0 Å². The lowest BCUT2D eigenvalue weighted by Gasteiger charge is -2.15. The Morgan fingerprint density at radius 2 is 2.25 bits per heavy atom. The molecule has 1 amide bonds. The molecule has 0 aliphatic rings. The van der Waals surface area contributed by atoms with Crippen LogP contribution in [0.2, 0.25) is 0 Å². The second-order valence-corrected chi connectivity index (χ2v) is 2.70. The van der Waals surface area contributed by atoms with Crippen LogP contribution >= 0.6 is 0 Å². The van der Waals surface area contributed by atoms with Crippen molar-refractivity contribution in [1.82, 2.24) is 4.90 Å². The molecular formula is C8H18N2O2. The molecule has 0 saturated carbocycles. The number of ether oxygens (including phenoxy) is 1. The number of nitrogens with two attached hydrogens (primary N) is 1. The molecule has 0 fully saturated rings. The van der Waals surface area contributed by atoms with Crippen LogP contribution in [-0.4, -0.2) is 44.7 Å². The molecule has 0 aliphatic heterocycles. The Balaban J connectivity index is 3.47. The molecule has 72 valence electrons. The van der Waals surface area contributed by atoms with E-state index >= 15 is 0 Å². The molecule has 4 nitrogen and oxygen atoms in total. The van der Waals surface area contributed by atoms with Gasteiger partial charge in [-0.05, 0) is 13.0 Å². The summed E-state index contributed by atoms with van der Waals surface area (Å²) < 4.78 is 4.85. The Bertz CT molecular complexity index is 128. The van der Waals surface area contributed by atoms with Crippen molar-refractivity contribution in [2.45, 2.75) is 12.8 Å². The van der Waals surface area contributed by atoms with Gasteiger partial charge in [0.05, 0.1) is 6.61 Å². The fraction of sp³-hybridized carbons (Fsp3) is 0.875. The van der Waals surface area contributed by atoms with Crippen LogP contribution in [0.1, 0.15) is 12.8 Å². The van der Waals surface area contributed by atoms with Crippen molar-refractivity contribution in [2.75, 3.05) is 33.9 Å². The number of carbonyl (C=O) groups is 1. The summed E-state index contributed by atoms with van der Waals surface area (Å²) >= 11 is 0. The van der Waals surface area contributed by atoms with E-state index in [1.54, 1.807) is 19.1 Å². The van der Waals surface area contributed by atoms with Gasteiger partial charge in [-0.15, -0.1) is 0 Å². The van der Waals surface area contributed by atoms with E-state index in [2.05, 4.69) is 0 Å². The van der Waals surface area contributed by atoms with Crippen LogP contribution in [-0.2, 0) is 9.53 Å². The predicted octanol–water partition coefficient (Wildman–Crippen LogP) is -0.170. The average Bonchev–Trinajstić information content (AvgIpc) is 2.10. The molecule has 0 aromatic heterocycles. The maximum absolute atomic E-state index is 11.2. The molecule has 0 rings (SSSR count). The highest BCUT2D eigenvalue weighted by molar-refractivity contribution is 5.75. The van der Waals surface area contributed by atoms with E-state index in [4.69, 9.17) is 10.5 Å². The first-order valence-electron chi connectivity index (χ1n) is 4.15. The Kier molecular flexibility index (Phi) is 6.70.